The number of aryl methyl sites for hydroxylation is 2. The Kier molecular flexibility index (Phi) is 16.8. The molecule has 238 valence electrons. The van der Waals surface area contributed by atoms with Crippen molar-refractivity contribution in [3.8, 4) is 0 Å². The van der Waals surface area contributed by atoms with E-state index in [9.17, 15) is 9.59 Å². The molecule has 0 unspecified atom stereocenters. The van der Waals surface area contributed by atoms with Gasteiger partial charge in [-0.15, -0.1) is 23.1 Å². The standard InChI is InChI=1S/C15H16N4OS2.C13H27N3.C3H6O2/c1-10-15(22-11(2)19-10)13(16-3)8-21-9-18-14-5-4-12(7-20)6-17-14;1-4-12-11-16(10-9-15(12)3)13-5-7-14(2)8-6-13;1-3(5)2-4/h4-8H,3,9H2,1-2H3,(H,17,18);12-13H,4-11H2,1-3H3;2-3,5H,1H3/b13-8-;;/t;12-;3-/m.01/s1. The molecule has 2 aromatic rings. The quantitative estimate of drug-likeness (QED) is 0.169. The van der Waals surface area contributed by atoms with Gasteiger partial charge in [0.15, 0.2) is 6.29 Å². The second kappa shape index (κ2) is 19.7. The first-order chi connectivity index (χ1) is 20.6. The number of likely N-dealkylation sites (N-methyl/N-ethyl adjacent to an activating group) is 1. The summed E-state index contributed by atoms with van der Waals surface area (Å²) >= 11 is 3.18. The van der Waals surface area contributed by atoms with Crippen LogP contribution in [0.3, 0.4) is 0 Å². The molecule has 10 nitrogen and oxygen atoms in total. The first-order valence-corrected chi connectivity index (χ1v) is 16.6. The topological polar surface area (TPSA) is 114 Å². The molecule has 2 aromatic heterocycles. The van der Waals surface area contributed by atoms with Gasteiger partial charge in [0.2, 0.25) is 0 Å². The van der Waals surface area contributed by atoms with E-state index in [-0.39, 0.29) is 0 Å². The maximum absolute atomic E-state index is 10.6. The lowest BCUT2D eigenvalue weighted by atomic mass is 10.0. The third-order valence-corrected chi connectivity index (χ3v) is 9.24. The number of carbonyl (C=O) groups excluding carboxylic acids is 2. The summed E-state index contributed by atoms with van der Waals surface area (Å²) in [6.07, 6.45) is 6.02. The summed E-state index contributed by atoms with van der Waals surface area (Å²) in [6, 6.07) is 5.15. The van der Waals surface area contributed by atoms with Gasteiger partial charge in [-0.3, -0.25) is 14.7 Å². The van der Waals surface area contributed by atoms with E-state index >= 15 is 0 Å². The second-order valence-corrected chi connectivity index (χ2v) is 12.9. The van der Waals surface area contributed by atoms with E-state index in [2.05, 4.69) is 62.7 Å². The summed E-state index contributed by atoms with van der Waals surface area (Å²) in [7, 11) is 4.52. The van der Waals surface area contributed by atoms with E-state index in [0.717, 1.165) is 45.5 Å². The van der Waals surface area contributed by atoms with Crippen LogP contribution in [0.2, 0.25) is 0 Å². The number of nitrogens with one attached hydrogen (secondary N) is 1. The van der Waals surface area contributed by atoms with Crippen molar-refractivity contribution in [3.63, 3.8) is 0 Å². The van der Waals surface area contributed by atoms with Crippen LogP contribution in [0.1, 0.15) is 59.0 Å². The van der Waals surface area contributed by atoms with Gasteiger partial charge in [-0.05, 0) is 91.5 Å². The van der Waals surface area contributed by atoms with Crippen molar-refractivity contribution >= 4 is 53.9 Å². The molecule has 2 atom stereocenters. The van der Waals surface area contributed by atoms with E-state index in [1.165, 1.54) is 65.1 Å². The Morgan fingerprint density at radius 3 is 2.44 bits per heavy atom. The average molecular weight is 632 g/mol. The number of rotatable bonds is 10. The van der Waals surface area contributed by atoms with Gasteiger partial charge < -0.3 is 25.0 Å². The number of thiazole rings is 1. The fourth-order valence-electron chi connectivity index (χ4n) is 4.85. The number of thioether (sulfide) groups is 1. The number of aliphatic hydroxyl groups is 1. The first-order valence-electron chi connectivity index (χ1n) is 14.8. The average Bonchev–Trinajstić information content (AvgIpc) is 3.35. The molecule has 4 rings (SSSR count). The zero-order valence-corrected chi connectivity index (χ0v) is 28.2. The van der Waals surface area contributed by atoms with Crippen molar-refractivity contribution < 1.29 is 14.7 Å². The van der Waals surface area contributed by atoms with Crippen molar-refractivity contribution in [2.75, 3.05) is 58.0 Å². The largest absolute Gasteiger partial charge is 0.386 e. The van der Waals surface area contributed by atoms with Crippen LogP contribution in [0.4, 0.5) is 5.82 Å². The molecular formula is C31H49N7O3S2. The predicted octanol–water partition coefficient (Wildman–Crippen LogP) is 4.44. The SMILES string of the molecule is C=N/C(=C\SCNc1ccc(C=O)cn1)c1sc(C)nc1C.CC[C@H]1CN(C2CCN(C)CC2)CCN1C.C[C@@H](O)C=O. The molecule has 4 heterocycles. The molecule has 43 heavy (non-hydrogen) atoms. The summed E-state index contributed by atoms with van der Waals surface area (Å²) in [5.41, 5.74) is 2.37. The Morgan fingerprint density at radius 2 is 1.93 bits per heavy atom. The molecule has 0 aromatic carbocycles. The lowest BCUT2D eigenvalue weighted by Crippen LogP contribution is -2.56. The van der Waals surface area contributed by atoms with Crippen molar-refractivity contribution in [2.45, 2.75) is 65.1 Å². The lowest BCUT2D eigenvalue weighted by molar-refractivity contribution is -0.114. The van der Waals surface area contributed by atoms with Gasteiger partial charge in [-0.25, -0.2) is 9.97 Å². The van der Waals surface area contributed by atoms with Crippen LogP contribution in [0, 0.1) is 13.8 Å². The molecule has 0 saturated carbocycles. The van der Waals surface area contributed by atoms with Gasteiger partial charge in [0, 0.05) is 43.5 Å². The van der Waals surface area contributed by atoms with E-state index in [1.54, 1.807) is 35.2 Å². The first kappa shape index (κ1) is 36.7. The Labute approximate surface area is 265 Å². The fourth-order valence-corrected chi connectivity index (χ4v) is 6.49. The van der Waals surface area contributed by atoms with Gasteiger partial charge in [-0.2, -0.15) is 0 Å². The van der Waals surface area contributed by atoms with Gasteiger partial charge in [0.1, 0.15) is 18.2 Å². The minimum Gasteiger partial charge on any atom is -0.386 e. The molecule has 0 bridgehead atoms. The Balaban J connectivity index is 0.000000268. The van der Waals surface area contributed by atoms with E-state index < -0.39 is 6.10 Å². The lowest BCUT2D eigenvalue weighted by Gasteiger charge is -2.45. The summed E-state index contributed by atoms with van der Waals surface area (Å²) in [5, 5.41) is 14.1. The maximum Gasteiger partial charge on any atom is 0.151 e. The number of nitrogens with zero attached hydrogens (tertiary/aromatic N) is 6. The highest BCUT2D eigenvalue weighted by atomic mass is 32.2. The molecular weight excluding hydrogens is 583 g/mol. The van der Waals surface area contributed by atoms with Gasteiger partial charge in [0.25, 0.3) is 0 Å². The van der Waals surface area contributed by atoms with Crippen molar-refractivity contribution in [3.05, 3.63) is 44.9 Å². The third kappa shape index (κ3) is 13.0. The molecule has 12 heteroatoms. The number of carbonyl (C=O) groups is 2. The van der Waals surface area contributed by atoms with Crippen LogP contribution in [-0.4, -0.2) is 120 Å². The van der Waals surface area contributed by atoms with Gasteiger partial charge in [-0.1, -0.05) is 6.92 Å². The van der Waals surface area contributed by atoms with Crippen molar-refractivity contribution in [1.29, 1.82) is 0 Å². The number of pyridine rings is 1. The van der Waals surface area contributed by atoms with Crippen LogP contribution < -0.4 is 5.32 Å². The third-order valence-electron chi connectivity index (χ3n) is 7.44. The number of anilines is 1. The maximum atomic E-state index is 10.6. The fraction of sp³-hybridized carbons (Fsp3) is 0.581. The monoisotopic (exact) mass is 631 g/mol. The summed E-state index contributed by atoms with van der Waals surface area (Å²) < 4.78 is 0. The molecule has 2 aliphatic rings. The molecule has 0 aliphatic carbocycles. The molecule has 2 N–H and O–H groups in total. The number of likely N-dealkylation sites (tertiary alicyclic amines) is 1. The summed E-state index contributed by atoms with van der Waals surface area (Å²) in [5.74, 6) is 1.37. The number of hydrogen-bond acceptors (Lipinski definition) is 12. The number of aliphatic imine (C=N–C) groups is 1. The number of piperazine rings is 1. The van der Waals surface area contributed by atoms with Crippen LogP contribution in [0.25, 0.3) is 5.70 Å². The predicted molar refractivity (Wildman–Crippen MR) is 181 cm³/mol. The minimum atomic E-state index is -0.796. The Morgan fingerprint density at radius 1 is 1.23 bits per heavy atom. The minimum absolute atomic E-state index is 0.472. The highest BCUT2D eigenvalue weighted by molar-refractivity contribution is 8.02. The smallest absolute Gasteiger partial charge is 0.151 e. The number of aldehydes is 2. The number of hydrogen-bond donors (Lipinski definition) is 2. The Bertz CT molecular complexity index is 1150. The number of piperidine rings is 1. The van der Waals surface area contributed by atoms with Crippen LogP contribution in [0.15, 0.2) is 28.7 Å². The summed E-state index contributed by atoms with van der Waals surface area (Å²) in [6.45, 7) is 17.7. The van der Waals surface area contributed by atoms with E-state index in [1.807, 2.05) is 19.3 Å². The zero-order chi connectivity index (χ0) is 31.8. The van der Waals surface area contributed by atoms with Gasteiger partial charge >= 0.3 is 0 Å². The van der Waals surface area contributed by atoms with Crippen molar-refractivity contribution in [2.24, 2.45) is 4.99 Å². The molecule has 2 aliphatic heterocycles. The molecule has 0 amide bonds. The number of aromatic nitrogens is 2. The molecule has 2 saturated heterocycles. The highest BCUT2D eigenvalue weighted by Crippen LogP contribution is 2.28. The number of aliphatic hydroxyl groups excluding tert-OH is 1. The van der Waals surface area contributed by atoms with Gasteiger partial charge in [0.05, 0.1) is 27.2 Å². The second-order valence-electron chi connectivity index (χ2n) is 10.8. The normalized spacial score (nSPS) is 19.3. The van der Waals surface area contributed by atoms with Crippen LogP contribution >= 0.6 is 23.1 Å². The molecule has 0 spiro atoms. The highest BCUT2D eigenvalue weighted by Gasteiger charge is 2.29. The van der Waals surface area contributed by atoms with E-state index in [4.69, 9.17) is 5.11 Å². The summed E-state index contributed by atoms with van der Waals surface area (Å²) in [4.78, 5) is 41.2. The van der Waals surface area contributed by atoms with E-state index in [0.29, 0.717) is 17.7 Å². The Hall–Kier alpha value is -2.48. The van der Waals surface area contributed by atoms with Crippen LogP contribution in [-0.2, 0) is 4.79 Å². The van der Waals surface area contributed by atoms with Crippen molar-refractivity contribution in [1.82, 2.24) is 24.7 Å². The van der Waals surface area contributed by atoms with Crippen LogP contribution in [0.5, 0.6) is 0 Å². The molecule has 2 fully saturated rings. The molecule has 0 radical (unpaired) electrons. The zero-order valence-electron chi connectivity index (χ0n) is 26.5.